The first kappa shape index (κ1) is 48.2. The van der Waals surface area contributed by atoms with Gasteiger partial charge >= 0.3 is 5.97 Å². The third kappa shape index (κ3) is 38.3. The Morgan fingerprint density at radius 2 is 1.06 bits per heavy atom. The van der Waals surface area contributed by atoms with Crippen molar-refractivity contribution >= 4 is 13.8 Å². The molecule has 0 saturated heterocycles. The second-order valence-corrected chi connectivity index (χ2v) is 16.4. The number of allylic oxidation sites excluding steroid dienone is 2. The number of esters is 1. The molecule has 8 nitrogen and oxygen atoms in total. The Morgan fingerprint density at radius 3 is 1.55 bits per heavy atom. The van der Waals surface area contributed by atoms with Crippen LogP contribution >= 0.6 is 7.82 Å². The number of rotatable bonds is 38. The molecule has 0 bridgehead atoms. The molecule has 0 radical (unpaired) electrons. The molecule has 0 aliphatic carbocycles. The van der Waals surface area contributed by atoms with E-state index in [1.165, 1.54) is 128 Å². The summed E-state index contributed by atoms with van der Waals surface area (Å²) in [6.07, 6.45) is 35.0. The first-order valence-electron chi connectivity index (χ1n) is 20.4. The van der Waals surface area contributed by atoms with Gasteiger partial charge in [-0.25, -0.2) is 0 Å². The van der Waals surface area contributed by atoms with Gasteiger partial charge in [0.15, 0.2) is 0 Å². The number of carbonyl (C=O) groups excluding carboxylic acids is 1. The van der Waals surface area contributed by atoms with E-state index in [0.717, 1.165) is 32.1 Å². The van der Waals surface area contributed by atoms with Crippen molar-refractivity contribution in [2.75, 3.05) is 54.1 Å². The molecule has 0 aliphatic heterocycles. The van der Waals surface area contributed by atoms with E-state index < -0.39 is 13.9 Å². The quantitative estimate of drug-likeness (QED) is 0.0206. The average Bonchev–Trinajstić information content (AvgIpc) is 3.04. The first-order valence-corrected chi connectivity index (χ1v) is 21.9. The van der Waals surface area contributed by atoms with Crippen molar-refractivity contribution in [1.82, 2.24) is 0 Å². The summed E-state index contributed by atoms with van der Waals surface area (Å²) in [6.45, 7) is 5.41. The molecular weight excluding hydrogens is 637 g/mol. The maximum atomic E-state index is 12.6. The molecule has 0 heterocycles. The maximum Gasteiger partial charge on any atom is 0.306 e. The Morgan fingerprint density at radius 1 is 0.612 bits per heavy atom. The van der Waals surface area contributed by atoms with Gasteiger partial charge in [-0.2, -0.15) is 0 Å². The zero-order chi connectivity index (χ0) is 36.3. The lowest BCUT2D eigenvalue weighted by Gasteiger charge is -2.28. The predicted molar refractivity (Wildman–Crippen MR) is 204 cm³/mol. The van der Waals surface area contributed by atoms with E-state index in [4.69, 9.17) is 18.5 Å². The molecule has 0 aliphatic rings. The van der Waals surface area contributed by atoms with Gasteiger partial charge in [0.1, 0.15) is 19.3 Å². The second-order valence-electron chi connectivity index (χ2n) is 15.0. The number of unbranched alkanes of at least 4 members (excludes halogenated alkanes) is 22. The highest BCUT2D eigenvalue weighted by Crippen LogP contribution is 2.38. The number of nitrogens with zero attached hydrogens (tertiary/aromatic N) is 1. The summed E-state index contributed by atoms with van der Waals surface area (Å²) < 4.78 is 34.4. The van der Waals surface area contributed by atoms with E-state index in [9.17, 15) is 14.3 Å². The summed E-state index contributed by atoms with van der Waals surface area (Å²) in [7, 11) is 1.36. The molecule has 2 unspecified atom stereocenters. The zero-order valence-electron chi connectivity index (χ0n) is 32.9. The van der Waals surface area contributed by atoms with Crippen molar-refractivity contribution in [2.24, 2.45) is 0 Å². The highest BCUT2D eigenvalue weighted by molar-refractivity contribution is 7.45. The Hall–Kier alpha value is -0.760. The normalized spacial score (nSPS) is 14.0. The van der Waals surface area contributed by atoms with Crippen LogP contribution < -0.4 is 4.89 Å². The number of likely N-dealkylation sites (N-methyl/N-ethyl adjacent to an activating group) is 1. The van der Waals surface area contributed by atoms with Crippen LogP contribution in [0.2, 0.25) is 0 Å². The minimum Gasteiger partial charge on any atom is -0.756 e. The van der Waals surface area contributed by atoms with Crippen molar-refractivity contribution in [1.29, 1.82) is 0 Å². The summed E-state index contributed by atoms with van der Waals surface area (Å²) in [6, 6.07) is 0. The van der Waals surface area contributed by atoms with Crippen LogP contribution in [0.25, 0.3) is 0 Å². The highest BCUT2D eigenvalue weighted by Gasteiger charge is 2.20. The molecule has 0 fully saturated rings. The fourth-order valence-electron chi connectivity index (χ4n) is 5.60. The van der Waals surface area contributed by atoms with Gasteiger partial charge in [0.25, 0.3) is 7.82 Å². The molecule has 0 saturated carbocycles. The van der Waals surface area contributed by atoms with Crippen molar-refractivity contribution in [2.45, 2.75) is 187 Å². The topological polar surface area (TPSA) is 94.1 Å². The summed E-state index contributed by atoms with van der Waals surface area (Å²) in [5.41, 5.74) is 0. The third-order valence-corrected chi connectivity index (χ3v) is 9.78. The van der Waals surface area contributed by atoms with Gasteiger partial charge in [0.2, 0.25) is 0 Å². The summed E-state index contributed by atoms with van der Waals surface area (Å²) in [5.74, 6) is -0.338. The van der Waals surface area contributed by atoms with Crippen LogP contribution in [-0.2, 0) is 27.9 Å². The molecule has 2 atom stereocenters. The third-order valence-electron chi connectivity index (χ3n) is 8.82. The minimum atomic E-state index is -4.51. The van der Waals surface area contributed by atoms with E-state index in [0.29, 0.717) is 24.1 Å². The maximum absolute atomic E-state index is 12.6. The number of phosphoric acid groups is 1. The fraction of sp³-hybridized carbons (Fsp3) is 0.925. The number of ether oxygens (including phenoxy) is 2. The van der Waals surface area contributed by atoms with Crippen LogP contribution in [0.4, 0.5) is 0 Å². The Bertz CT molecular complexity index is 802. The molecule has 0 rings (SSSR count). The van der Waals surface area contributed by atoms with Gasteiger partial charge in [-0.15, -0.1) is 0 Å². The molecule has 0 aromatic heterocycles. The molecule has 49 heavy (non-hydrogen) atoms. The summed E-state index contributed by atoms with van der Waals surface area (Å²) >= 11 is 0. The van der Waals surface area contributed by atoms with Crippen LogP contribution in [0.1, 0.15) is 181 Å². The van der Waals surface area contributed by atoms with Crippen LogP contribution in [0, 0.1) is 0 Å². The number of hydrogen-bond acceptors (Lipinski definition) is 7. The minimum absolute atomic E-state index is 0.0280. The highest BCUT2D eigenvalue weighted by atomic mass is 31.2. The second kappa shape index (κ2) is 34.3. The van der Waals surface area contributed by atoms with E-state index in [2.05, 4.69) is 26.0 Å². The molecule has 9 heteroatoms. The number of phosphoric ester groups is 1. The molecular formula is C40H80NO7P. The van der Waals surface area contributed by atoms with Gasteiger partial charge in [0, 0.05) is 13.0 Å². The molecule has 292 valence electrons. The average molecular weight is 718 g/mol. The van der Waals surface area contributed by atoms with Crippen LogP contribution in [0.15, 0.2) is 12.2 Å². The van der Waals surface area contributed by atoms with Gasteiger partial charge in [0.05, 0.1) is 34.4 Å². The molecule has 0 N–H and O–H groups in total. The lowest BCUT2D eigenvalue weighted by atomic mass is 10.1. The van der Waals surface area contributed by atoms with Crippen LogP contribution in [-0.4, -0.2) is 70.7 Å². The summed E-state index contributed by atoms with van der Waals surface area (Å²) in [4.78, 5) is 24.9. The Balaban J connectivity index is 4.19. The number of quaternary nitrogens is 1. The van der Waals surface area contributed by atoms with E-state index in [1.807, 2.05) is 21.1 Å². The van der Waals surface area contributed by atoms with Gasteiger partial charge in [-0.3, -0.25) is 9.36 Å². The van der Waals surface area contributed by atoms with Crippen molar-refractivity contribution in [3.63, 3.8) is 0 Å². The Labute approximate surface area is 303 Å². The van der Waals surface area contributed by atoms with Crippen LogP contribution in [0.5, 0.6) is 0 Å². The lowest BCUT2D eigenvalue weighted by Crippen LogP contribution is -2.37. The fourth-order valence-corrected chi connectivity index (χ4v) is 6.33. The SMILES string of the molecule is CCCCCCCCC/C=C\CCCCCCCCCC(=O)OC(COCCCCCCCCCCC)COP(=O)([O-])OCC[N+](C)(C)C. The predicted octanol–water partition coefficient (Wildman–Crippen LogP) is 10.9. The number of carbonyl (C=O) groups is 1. The zero-order valence-corrected chi connectivity index (χ0v) is 33.8. The van der Waals surface area contributed by atoms with Crippen molar-refractivity contribution in [3.8, 4) is 0 Å². The van der Waals surface area contributed by atoms with Crippen molar-refractivity contribution < 1.29 is 37.3 Å². The smallest absolute Gasteiger partial charge is 0.306 e. The molecule has 0 aromatic rings. The van der Waals surface area contributed by atoms with Crippen molar-refractivity contribution in [3.05, 3.63) is 12.2 Å². The van der Waals surface area contributed by atoms with Gasteiger partial charge < -0.3 is 27.9 Å². The molecule has 0 aromatic carbocycles. The largest absolute Gasteiger partial charge is 0.756 e. The van der Waals surface area contributed by atoms with Gasteiger partial charge in [-0.05, 0) is 38.5 Å². The molecule has 0 amide bonds. The lowest BCUT2D eigenvalue weighted by molar-refractivity contribution is -0.870. The first-order chi connectivity index (χ1) is 23.6. The molecule has 0 spiro atoms. The van der Waals surface area contributed by atoms with Crippen LogP contribution in [0.3, 0.4) is 0 Å². The standard InChI is InChI=1S/C40H80NO7P/c1-6-8-10-12-14-16-17-18-19-20-21-22-23-24-25-27-29-31-33-40(42)48-39(38-47-49(43,44)46-36-34-41(3,4)5)37-45-35-32-30-28-26-15-13-11-9-7-2/h19-20,39H,6-18,21-38H2,1-5H3/b20-19-. The Kier molecular flexibility index (Phi) is 33.8. The van der Waals surface area contributed by atoms with Gasteiger partial charge in [-0.1, -0.05) is 148 Å². The monoisotopic (exact) mass is 718 g/mol. The van der Waals surface area contributed by atoms with E-state index >= 15 is 0 Å². The number of hydrogen-bond donors (Lipinski definition) is 0. The van der Waals surface area contributed by atoms with E-state index in [1.54, 1.807) is 0 Å². The summed E-state index contributed by atoms with van der Waals surface area (Å²) in [5, 5.41) is 0. The van der Waals surface area contributed by atoms with E-state index in [-0.39, 0.29) is 25.8 Å².